The first-order chi connectivity index (χ1) is 14.3. The number of ether oxygens (including phenoxy) is 1. The van der Waals surface area contributed by atoms with Crippen molar-refractivity contribution < 1.29 is 14.6 Å². The molecule has 0 amide bonds. The number of methoxy groups -OCH3 is 1. The number of fused-ring (bicyclic) bond motifs is 5. The Bertz CT molecular complexity index is 779. The molecule has 0 aliphatic heterocycles. The average Bonchev–Trinajstić information content (AvgIpc) is 3.33. The topological polar surface area (TPSA) is 77.2 Å². The number of carbonyl (C=O) groups is 1. The third kappa shape index (κ3) is 3.17. The number of hydrogen-bond donors (Lipinski definition) is 1. The Hall–Kier alpha value is -1.27. The summed E-state index contributed by atoms with van der Waals surface area (Å²) in [4.78, 5) is 13.2. The Morgan fingerprint density at radius 2 is 2.00 bits per heavy atom. The first-order valence-electron chi connectivity index (χ1n) is 12.0. The van der Waals surface area contributed by atoms with E-state index in [1.807, 2.05) is 6.92 Å². The molecule has 1 heterocycles. The van der Waals surface area contributed by atoms with E-state index in [4.69, 9.17) is 4.74 Å². The van der Waals surface area contributed by atoms with Crippen molar-refractivity contribution in [2.75, 3.05) is 7.11 Å². The molecule has 0 radical (unpaired) electrons. The van der Waals surface area contributed by atoms with E-state index in [1.165, 1.54) is 25.7 Å². The van der Waals surface area contributed by atoms with Crippen molar-refractivity contribution in [1.82, 2.24) is 15.0 Å². The highest BCUT2D eigenvalue weighted by Crippen LogP contribution is 2.64. The van der Waals surface area contributed by atoms with Crippen molar-refractivity contribution in [3.8, 4) is 0 Å². The van der Waals surface area contributed by atoms with Gasteiger partial charge in [-0.05, 0) is 93.3 Å². The lowest BCUT2D eigenvalue weighted by Crippen LogP contribution is -2.55. The average molecular weight is 416 g/mol. The highest BCUT2D eigenvalue weighted by atomic mass is 16.5. The fraction of sp³-hybridized carbons (Fsp3) is 0.875. The molecule has 6 heteroatoms. The molecule has 1 aromatic heterocycles. The molecule has 6 nitrogen and oxygen atoms in total. The van der Waals surface area contributed by atoms with E-state index in [0.29, 0.717) is 30.1 Å². The van der Waals surface area contributed by atoms with Gasteiger partial charge in [0.25, 0.3) is 0 Å². The second kappa shape index (κ2) is 7.40. The maximum atomic E-state index is 13.2. The minimum Gasteiger partial charge on any atom is -0.387 e. The van der Waals surface area contributed by atoms with Crippen molar-refractivity contribution in [1.29, 1.82) is 0 Å². The van der Waals surface area contributed by atoms with E-state index in [-0.39, 0.29) is 17.4 Å². The molecule has 0 saturated heterocycles. The van der Waals surface area contributed by atoms with Gasteiger partial charge in [0.1, 0.15) is 6.54 Å². The van der Waals surface area contributed by atoms with E-state index in [2.05, 4.69) is 17.2 Å². The minimum atomic E-state index is -0.696. The van der Waals surface area contributed by atoms with Crippen LogP contribution in [0.15, 0.2) is 12.4 Å². The minimum absolute atomic E-state index is 0.0496. The summed E-state index contributed by atoms with van der Waals surface area (Å²) in [6.07, 6.45) is 12.3. The quantitative estimate of drug-likeness (QED) is 0.814. The predicted octanol–water partition coefficient (Wildman–Crippen LogP) is 3.49. The Morgan fingerprint density at radius 1 is 1.17 bits per heavy atom. The first kappa shape index (κ1) is 20.6. The van der Waals surface area contributed by atoms with Crippen molar-refractivity contribution in [3.05, 3.63) is 12.4 Å². The zero-order chi connectivity index (χ0) is 21.1. The summed E-state index contributed by atoms with van der Waals surface area (Å²) in [6, 6.07) is 0. The number of hydrogen-bond acceptors (Lipinski definition) is 5. The third-order valence-corrected chi connectivity index (χ3v) is 9.84. The first-order valence-corrected chi connectivity index (χ1v) is 12.0. The Labute approximate surface area is 179 Å². The summed E-state index contributed by atoms with van der Waals surface area (Å²) < 4.78 is 7.41. The van der Waals surface area contributed by atoms with Crippen LogP contribution in [0.5, 0.6) is 0 Å². The van der Waals surface area contributed by atoms with Gasteiger partial charge in [0.2, 0.25) is 0 Å². The highest BCUT2D eigenvalue weighted by Gasteiger charge is 2.59. The third-order valence-electron chi connectivity index (χ3n) is 9.84. The summed E-state index contributed by atoms with van der Waals surface area (Å²) in [5.41, 5.74) is -0.565. The largest absolute Gasteiger partial charge is 0.387 e. The van der Waals surface area contributed by atoms with E-state index in [1.54, 1.807) is 24.2 Å². The summed E-state index contributed by atoms with van der Waals surface area (Å²) in [7, 11) is 1.75. The second-order valence-corrected chi connectivity index (χ2v) is 11.2. The van der Waals surface area contributed by atoms with Crippen LogP contribution in [-0.2, 0) is 16.1 Å². The summed E-state index contributed by atoms with van der Waals surface area (Å²) in [6.45, 7) is 4.72. The number of ketones is 1. The molecule has 1 aromatic rings. The zero-order valence-electron chi connectivity index (χ0n) is 18.7. The zero-order valence-corrected chi connectivity index (χ0v) is 18.7. The van der Waals surface area contributed by atoms with Gasteiger partial charge in [-0.3, -0.25) is 4.79 Å². The maximum absolute atomic E-state index is 13.2. The summed E-state index contributed by atoms with van der Waals surface area (Å²) in [5.74, 6) is 3.92. The van der Waals surface area contributed by atoms with E-state index in [9.17, 15) is 9.90 Å². The monoisotopic (exact) mass is 415 g/mol. The van der Waals surface area contributed by atoms with Gasteiger partial charge in [0.05, 0.1) is 17.9 Å². The molecule has 166 valence electrons. The molecule has 4 fully saturated rings. The lowest BCUT2D eigenvalue weighted by Gasteiger charge is -2.58. The maximum Gasteiger partial charge on any atom is 0.157 e. The van der Waals surface area contributed by atoms with Gasteiger partial charge in [-0.2, -0.15) is 0 Å². The van der Waals surface area contributed by atoms with Crippen LogP contribution in [0, 0.1) is 40.9 Å². The van der Waals surface area contributed by atoms with Crippen LogP contribution in [0.1, 0.15) is 65.2 Å². The van der Waals surface area contributed by atoms with Crippen molar-refractivity contribution in [2.45, 2.75) is 83.5 Å². The number of carbonyl (C=O) groups excluding carboxylic acids is 1. The molecule has 0 bridgehead atoms. The normalized spacial score (nSPS) is 47.9. The van der Waals surface area contributed by atoms with E-state index < -0.39 is 5.60 Å². The van der Waals surface area contributed by atoms with Crippen molar-refractivity contribution >= 4 is 5.78 Å². The van der Waals surface area contributed by atoms with E-state index in [0.717, 1.165) is 37.5 Å². The number of aliphatic hydroxyl groups is 1. The van der Waals surface area contributed by atoms with Gasteiger partial charge in [-0.1, -0.05) is 12.1 Å². The Balaban J connectivity index is 1.33. The van der Waals surface area contributed by atoms with Crippen molar-refractivity contribution in [3.63, 3.8) is 0 Å². The molecule has 9 atom stereocenters. The predicted molar refractivity (Wildman–Crippen MR) is 112 cm³/mol. The fourth-order valence-electron chi connectivity index (χ4n) is 8.48. The highest BCUT2D eigenvalue weighted by molar-refractivity contribution is 5.82. The molecular formula is C24H37N3O3. The molecule has 4 saturated carbocycles. The van der Waals surface area contributed by atoms with Crippen LogP contribution in [0.4, 0.5) is 0 Å². The van der Waals surface area contributed by atoms with Crippen LogP contribution in [-0.4, -0.2) is 44.7 Å². The Morgan fingerprint density at radius 3 is 2.73 bits per heavy atom. The molecule has 5 rings (SSSR count). The molecule has 0 unspecified atom stereocenters. The van der Waals surface area contributed by atoms with Crippen LogP contribution in [0.3, 0.4) is 0 Å². The lowest BCUT2D eigenvalue weighted by atomic mass is 9.48. The molecular weight excluding hydrogens is 378 g/mol. The number of nitrogens with zero attached hydrogens (tertiary/aromatic N) is 3. The SMILES string of the molecule is CO[C@H]1C[C@H]2[C@@H](CC[C@@H]3[C@@H]2CC[C@]2(C)[C@@H](C(=O)Cn4ccnn4)CC[C@@H]32)C[C@]1(C)O. The van der Waals surface area contributed by atoms with Crippen LogP contribution in [0.25, 0.3) is 0 Å². The van der Waals surface area contributed by atoms with Gasteiger partial charge in [0, 0.05) is 19.2 Å². The van der Waals surface area contributed by atoms with Gasteiger partial charge < -0.3 is 9.84 Å². The molecule has 0 spiro atoms. The smallest absolute Gasteiger partial charge is 0.157 e. The molecule has 4 aliphatic rings. The van der Waals surface area contributed by atoms with Crippen LogP contribution >= 0.6 is 0 Å². The molecule has 0 aromatic carbocycles. The van der Waals surface area contributed by atoms with Crippen LogP contribution < -0.4 is 0 Å². The Kier molecular flexibility index (Phi) is 5.09. The number of aromatic nitrogens is 3. The van der Waals surface area contributed by atoms with Gasteiger partial charge in [-0.25, -0.2) is 4.68 Å². The fourth-order valence-corrected chi connectivity index (χ4v) is 8.48. The number of rotatable bonds is 4. The summed E-state index contributed by atoms with van der Waals surface area (Å²) >= 11 is 0. The second-order valence-electron chi connectivity index (χ2n) is 11.2. The van der Waals surface area contributed by atoms with E-state index >= 15 is 0 Å². The van der Waals surface area contributed by atoms with Gasteiger partial charge >= 0.3 is 0 Å². The lowest BCUT2D eigenvalue weighted by molar-refractivity contribution is -0.165. The summed E-state index contributed by atoms with van der Waals surface area (Å²) in [5, 5.41) is 18.7. The molecule has 4 aliphatic carbocycles. The molecule has 30 heavy (non-hydrogen) atoms. The van der Waals surface area contributed by atoms with Crippen LogP contribution in [0.2, 0.25) is 0 Å². The van der Waals surface area contributed by atoms with Crippen molar-refractivity contribution in [2.24, 2.45) is 40.9 Å². The standard InChI is InChI=1S/C24H37N3O3/c1-23-9-8-16-17(5-4-15-13-24(2,29)22(30-3)12-18(15)16)19(23)6-7-20(23)21(28)14-27-11-10-25-26-27/h10-11,15-20,22,29H,4-9,12-14H2,1-3H3/t15-,16-,17+,18-,19-,20+,22-,23-,24-/m0/s1. The number of Topliss-reactive ketones (excluding diaryl/α,β-unsaturated/α-hetero) is 1. The van der Waals surface area contributed by atoms with Gasteiger partial charge in [0.15, 0.2) is 5.78 Å². The molecule has 1 N–H and O–H groups in total. The van der Waals surface area contributed by atoms with Gasteiger partial charge in [-0.15, -0.1) is 5.10 Å².